The number of nitrogens with two attached hydrogens (primary N) is 1. The molecule has 2 N–H and O–H groups in total. The lowest BCUT2D eigenvalue weighted by molar-refractivity contribution is 0.569. The lowest BCUT2D eigenvalue weighted by Gasteiger charge is -2.34. The van der Waals surface area contributed by atoms with E-state index in [2.05, 4.69) is 11.2 Å². The quantitative estimate of drug-likeness (QED) is 0.913. The Morgan fingerprint density at radius 3 is 2.61 bits per heavy atom. The maximum atomic E-state index is 13.9. The summed E-state index contributed by atoms with van der Waals surface area (Å²) in [6.45, 7) is 3.83. The second-order valence-electron chi connectivity index (χ2n) is 4.88. The van der Waals surface area contributed by atoms with Gasteiger partial charge < -0.3 is 10.6 Å². The van der Waals surface area contributed by atoms with Crippen molar-refractivity contribution in [2.24, 2.45) is 5.73 Å². The summed E-state index contributed by atoms with van der Waals surface area (Å²) in [4.78, 5) is 2.27. The van der Waals surface area contributed by atoms with E-state index in [1.807, 2.05) is 24.8 Å². The van der Waals surface area contributed by atoms with Gasteiger partial charge in [0.15, 0.2) is 0 Å². The van der Waals surface area contributed by atoms with Crippen LogP contribution in [0.2, 0.25) is 0 Å². The van der Waals surface area contributed by atoms with Gasteiger partial charge in [0.1, 0.15) is 5.82 Å². The van der Waals surface area contributed by atoms with Crippen LogP contribution in [0, 0.1) is 5.82 Å². The fourth-order valence-electron chi connectivity index (χ4n) is 2.58. The summed E-state index contributed by atoms with van der Waals surface area (Å²) in [6, 6.07) is 4.99. The third kappa shape index (κ3) is 2.81. The number of nitrogens with zero attached hydrogens (tertiary/aromatic N) is 1. The molecule has 2 rings (SSSR count). The molecule has 1 saturated heterocycles. The van der Waals surface area contributed by atoms with Gasteiger partial charge in [0.05, 0.1) is 0 Å². The minimum absolute atomic E-state index is 0.186. The van der Waals surface area contributed by atoms with Crippen LogP contribution in [-0.4, -0.2) is 24.6 Å². The van der Waals surface area contributed by atoms with E-state index in [-0.39, 0.29) is 11.9 Å². The van der Waals surface area contributed by atoms with Crippen molar-refractivity contribution < 1.29 is 4.39 Å². The molecule has 2 nitrogen and oxygen atoms in total. The summed E-state index contributed by atoms with van der Waals surface area (Å²) in [5, 5.41) is 0.744. The van der Waals surface area contributed by atoms with E-state index in [9.17, 15) is 4.39 Å². The molecule has 1 atom stereocenters. The summed E-state index contributed by atoms with van der Waals surface area (Å²) in [7, 11) is 0. The van der Waals surface area contributed by atoms with Crippen molar-refractivity contribution in [3.8, 4) is 0 Å². The molecule has 0 amide bonds. The first-order valence-electron chi connectivity index (χ1n) is 6.45. The Balaban J connectivity index is 2.21. The van der Waals surface area contributed by atoms with E-state index in [1.165, 1.54) is 6.07 Å². The summed E-state index contributed by atoms with van der Waals surface area (Å²) in [5.41, 5.74) is 7.53. The normalized spacial score (nSPS) is 19.0. The Morgan fingerprint density at radius 2 is 2.06 bits per heavy atom. The number of halogens is 1. The van der Waals surface area contributed by atoms with Gasteiger partial charge >= 0.3 is 0 Å². The molecule has 0 aliphatic carbocycles. The zero-order valence-corrected chi connectivity index (χ0v) is 11.8. The van der Waals surface area contributed by atoms with Crippen LogP contribution in [0.5, 0.6) is 0 Å². The largest absolute Gasteiger partial charge is 0.371 e. The highest BCUT2D eigenvalue weighted by Crippen LogP contribution is 2.31. The van der Waals surface area contributed by atoms with Gasteiger partial charge in [-0.3, -0.25) is 0 Å². The van der Waals surface area contributed by atoms with Crippen LogP contribution >= 0.6 is 11.8 Å². The molecule has 0 radical (unpaired) electrons. The van der Waals surface area contributed by atoms with Crippen LogP contribution in [-0.2, 0) is 0 Å². The van der Waals surface area contributed by atoms with Gasteiger partial charge in [-0.25, -0.2) is 4.39 Å². The maximum absolute atomic E-state index is 13.9. The van der Waals surface area contributed by atoms with E-state index in [0.717, 1.165) is 36.9 Å². The van der Waals surface area contributed by atoms with Crippen LogP contribution in [0.1, 0.15) is 31.4 Å². The first-order chi connectivity index (χ1) is 8.63. The van der Waals surface area contributed by atoms with Crippen LogP contribution in [0.3, 0.4) is 0 Å². The van der Waals surface area contributed by atoms with Crippen molar-refractivity contribution in [3.63, 3.8) is 0 Å². The number of hydrogen-bond donors (Lipinski definition) is 1. The number of rotatable bonds is 3. The topological polar surface area (TPSA) is 29.3 Å². The molecule has 0 spiro atoms. The Morgan fingerprint density at radius 1 is 1.39 bits per heavy atom. The molecule has 0 aromatic heterocycles. The second kappa shape index (κ2) is 5.93. The highest BCUT2D eigenvalue weighted by molar-refractivity contribution is 7.99. The first-order valence-corrected chi connectivity index (χ1v) is 7.74. The molecule has 0 saturated carbocycles. The van der Waals surface area contributed by atoms with E-state index in [0.29, 0.717) is 5.56 Å². The predicted octanol–water partition coefficient (Wildman–Crippen LogP) is 3.18. The summed E-state index contributed by atoms with van der Waals surface area (Å²) < 4.78 is 13.9. The van der Waals surface area contributed by atoms with E-state index < -0.39 is 0 Å². The first kappa shape index (κ1) is 13.7. The highest BCUT2D eigenvalue weighted by Gasteiger charge is 2.22. The third-order valence-electron chi connectivity index (χ3n) is 3.60. The smallest absolute Gasteiger partial charge is 0.130 e. The van der Waals surface area contributed by atoms with Crippen LogP contribution in [0.4, 0.5) is 10.1 Å². The zero-order chi connectivity index (χ0) is 13.1. The van der Waals surface area contributed by atoms with Crippen LogP contribution < -0.4 is 10.6 Å². The summed E-state index contributed by atoms with van der Waals surface area (Å²) in [6.07, 6.45) is 4.49. The van der Waals surface area contributed by atoms with Crippen LogP contribution in [0.25, 0.3) is 0 Å². The molecule has 1 aliphatic heterocycles. The SMILES string of the molecule is CSC1CCN(c2cccc(F)c2[C@@H](C)N)CC1. The zero-order valence-electron chi connectivity index (χ0n) is 11.0. The monoisotopic (exact) mass is 268 g/mol. The molecule has 1 aliphatic rings. The lowest BCUT2D eigenvalue weighted by atomic mass is 10.0. The molecule has 1 aromatic rings. The lowest BCUT2D eigenvalue weighted by Crippen LogP contribution is -2.35. The molecular weight excluding hydrogens is 247 g/mol. The van der Waals surface area contributed by atoms with E-state index in [4.69, 9.17) is 5.73 Å². The highest BCUT2D eigenvalue weighted by atomic mass is 32.2. The van der Waals surface area contributed by atoms with Crippen molar-refractivity contribution in [2.45, 2.75) is 31.1 Å². The Labute approximate surface area is 113 Å². The Kier molecular flexibility index (Phi) is 4.51. The van der Waals surface area contributed by atoms with Gasteiger partial charge in [0.2, 0.25) is 0 Å². The van der Waals surface area contributed by atoms with Gasteiger partial charge in [0.25, 0.3) is 0 Å². The Bertz CT molecular complexity index is 401. The average Bonchev–Trinajstić information content (AvgIpc) is 2.38. The van der Waals surface area contributed by atoms with Crippen LogP contribution in [0.15, 0.2) is 18.2 Å². The van der Waals surface area contributed by atoms with E-state index in [1.54, 1.807) is 6.07 Å². The Hall–Kier alpha value is -0.740. The fraction of sp³-hybridized carbons (Fsp3) is 0.571. The van der Waals surface area contributed by atoms with Gasteiger partial charge in [-0.1, -0.05) is 6.07 Å². The molecule has 0 unspecified atom stereocenters. The van der Waals surface area contributed by atoms with Crippen molar-refractivity contribution >= 4 is 17.4 Å². The van der Waals surface area contributed by atoms with Crippen molar-refractivity contribution in [2.75, 3.05) is 24.2 Å². The minimum Gasteiger partial charge on any atom is -0.371 e. The molecule has 100 valence electrons. The van der Waals surface area contributed by atoms with Gasteiger partial charge in [-0.15, -0.1) is 0 Å². The van der Waals surface area contributed by atoms with Gasteiger partial charge in [0, 0.05) is 35.6 Å². The molecule has 4 heteroatoms. The number of hydrogen-bond acceptors (Lipinski definition) is 3. The second-order valence-corrected chi connectivity index (χ2v) is 6.02. The van der Waals surface area contributed by atoms with Crippen molar-refractivity contribution in [1.82, 2.24) is 0 Å². The molecule has 18 heavy (non-hydrogen) atoms. The standard InChI is InChI=1S/C14H21FN2S/c1-10(16)14-12(15)4-3-5-13(14)17-8-6-11(18-2)7-9-17/h3-5,10-11H,6-9,16H2,1-2H3/t10-/m1/s1. The molecule has 0 bridgehead atoms. The molecule has 1 aromatic carbocycles. The molecular formula is C14H21FN2S. The van der Waals surface area contributed by atoms with Crippen molar-refractivity contribution in [3.05, 3.63) is 29.6 Å². The van der Waals surface area contributed by atoms with Crippen molar-refractivity contribution in [1.29, 1.82) is 0 Å². The fourth-order valence-corrected chi connectivity index (χ4v) is 3.27. The van der Waals surface area contributed by atoms with E-state index >= 15 is 0 Å². The number of benzene rings is 1. The number of piperidine rings is 1. The third-order valence-corrected chi connectivity index (χ3v) is 4.74. The average molecular weight is 268 g/mol. The minimum atomic E-state index is -0.264. The summed E-state index contributed by atoms with van der Waals surface area (Å²) in [5.74, 6) is -0.186. The summed E-state index contributed by atoms with van der Waals surface area (Å²) >= 11 is 1.93. The number of thioether (sulfide) groups is 1. The maximum Gasteiger partial charge on any atom is 0.130 e. The molecule has 1 heterocycles. The number of anilines is 1. The molecule has 1 fully saturated rings. The van der Waals surface area contributed by atoms with Gasteiger partial charge in [-0.2, -0.15) is 11.8 Å². The predicted molar refractivity (Wildman–Crippen MR) is 77.8 cm³/mol. The van der Waals surface area contributed by atoms with Gasteiger partial charge in [-0.05, 0) is 38.2 Å².